The molecule has 1 aromatic heterocycles. The lowest BCUT2D eigenvalue weighted by Crippen LogP contribution is -2.52. The van der Waals surface area contributed by atoms with Gasteiger partial charge in [-0.25, -0.2) is 0 Å². The molecule has 1 aromatic carbocycles. The molecule has 2 heterocycles. The first-order valence-electron chi connectivity index (χ1n) is 8.69. The van der Waals surface area contributed by atoms with Gasteiger partial charge in [-0.15, -0.1) is 0 Å². The summed E-state index contributed by atoms with van der Waals surface area (Å²) < 4.78 is 11.2. The molecule has 25 heavy (non-hydrogen) atoms. The Kier molecular flexibility index (Phi) is 4.09. The largest absolute Gasteiger partial charge is 0.393 e. The average Bonchev–Trinajstić information content (AvgIpc) is 3.27. The molecule has 4 rings (SSSR count). The van der Waals surface area contributed by atoms with Crippen LogP contribution in [0.3, 0.4) is 0 Å². The number of aliphatic hydroxyl groups is 1. The van der Waals surface area contributed by atoms with Crippen molar-refractivity contribution in [3.05, 3.63) is 42.1 Å². The van der Waals surface area contributed by atoms with Gasteiger partial charge in [0.15, 0.2) is 11.5 Å². The fraction of sp³-hybridized carbons (Fsp3) is 0.474. The van der Waals surface area contributed by atoms with Gasteiger partial charge in [-0.05, 0) is 25.7 Å². The molecule has 0 spiro atoms. The van der Waals surface area contributed by atoms with Gasteiger partial charge < -0.3 is 19.3 Å². The van der Waals surface area contributed by atoms with Crippen molar-refractivity contribution in [3.8, 4) is 11.3 Å². The summed E-state index contributed by atoms with van der Waals surface area (Å²) in [6.07, 6.45) is 2.43. The van der Waals surface area contributed by atoms with Gasteiger partial charge in [-0.2, -0.15) is 0 Å². The minimum atomic E-state index is -0.390. The summed E-state index contributed by atoms with van der Waals surface area (Å²) in [5, 5.41) is 14.0. The molecule has 1 aliphatic carbocycles. The number of likely N-dealkylation sites (tertiary alicyclic amines) is 1. The van der Waals surface area contributed by atoms with E-state index < -0.39 is 0 Å². The standard InChI is InChI=1S/C19H22N2O4/c1-24-19-8-7-14(22)11-17(19)21(10-9-19)18(23)15-12-16(25-20-15)13-5-3-2-4-6-13/h2-6,12,14,17,22H,7-11H2,1H3/t14-,17+,19-/m1/s1. The van der Waals surface area contributed by atoms with Crippen LogP contribution in [-0.4, -0.2) is 52.5 Å². The summed E-state index contributed by atoms with van der Waals surface area (Å²) in [5.74, 6) is 0.411. The highest BCUT2D eigenvalue weighted by molar-refractivity contribution is 5.93. The molecule has 1 amide bonds. The number of rotatable bonds is 3. The Morgan fingerprint density at radius 2 is 2.16 bits per heavy atom. The number of ether oxygens (including phenoxy) is 1. The minimum absolute atomic E-state index is 0.120. The van der Waals surface area contributed by atoms with Crippen LogP contribution < -0.4 is 0 Å². The molecule has 2 fully saturated rings. The number of hydrogen-bond acceptors (Lipinski definition) is 5. The second kappa shape index (κ2) is 6.28. The highest BCUT2D eigenvalue weighted by atomic mass is 16.5. The van der Waals surface area contributed by atoms with E-state index in [1.54, 1.807) is 18.1 Å². The minimum Gasteiger partial charge on any atom is -0.393 e. The molecule has 2 aromatic rings. The molecule has 0 unspecified atom stereocenters. The molecule has 6 nitrogen and oxygen atoms in total. The van der Waals surface area contributed by atoms with Crippen LogP contribution in [0.15, 0.2) is 40.9 Å². The van der Waals surface area contributed by atoms with Crippen LogP contribution >= 0.6 is 0 Å². The van der Waals surface area contributed by atoms with E-state index in [0.717, 1.165) is 18.4 Å². The molecule has 3 atom stereocenters. The lowest BCUT2D eigenvalue weighted by Gasteiger charge is -2.42. The van der Waals surface area contributed by atoms with Crippen molar-refractivity contribution in [2.24, 2.45) is 0 Å². The normalized spacial score (nSPS) is 28.8. The first kappa shape index (κ1) is 16.3. The number of hydrogen-bond donors (Lipinski definition) is 1. The van der Waals surface area contributed by atoms with Gasteiger partial charge in [0.25, 0.3) is 5.91 Å². The van der Waals surface area contributed by atoms with E-state index in [0.29, 0.717) is 30.8 Å². The van der Waals surface area contributed by atoms with Crippen molar-refractivity contribution in [2.75, 3.05) is 13.7 Å². The molecule has 0 radical (unpaired) electrons. The Hall–Kier alpha value is -2.18. The first-order valence-corrected chi connectivity index (χ1v) is 8.69. The predicted molar refractivity (Wildman–Crippen MR) is 91.0 cm³/mol. The third-order valence-electron chi connectivity index (χ3n) is 5.61. The van der Waals surface area contributed by atoms with E-state index in [2.05, 4.69) is 5.16 Å². The molecule has 1 saturated heterocycles. The monoisotopic (exact) mass is 342 g/mol. The number of aliphatic hydroxyl groups excluding tert-OH is 1. The maximum absolute atomic E-state index is 13.0. The van der Waals surface area contributed by atoms with E-state index in [1.165, 1.54) is 0 Å². The van der Waals surface area contributed by atoms with Crippen LogP contribution in [0, 0.1) is 0 Å². The van der Waals surface area contributed by atoms with Crippen molar-refractivity contribution in [2.45, 2.75) is 43.4 Å². The topological polar surface area (TPSA) is 75.8 Å². The Morgan fingerprint density at radius 3 is 2.92 bits per heavy atom. The molecule has 6 heteroatoms. The number of fused-ring (bicyclic) bond motifs is 1. The van der Waals surface area contributed by atoms with Crippen molar-refractivity contribution in [1.82, 2.24) is 10.1 Å². The van der Waals surface area contributed by atoms with Gasteiger partial charge in [0.2, 0.25) is 0 Å². The Bertz CT molecular complexity index is 760. The van der Waals surface area contributed by atoms with Gasteiger partial charge in [-0.3, -0.25) is 4.79 Å². The molecule has 132 valence electrons. The van der Waals surface area contributed by atoms with E-state index in [4.69, 9.17) is 9.26 Å². The molecule has 1 aliphatic heterocycles. The van der Waals surface area contributed by atoms with E-state index in [9.17, 15) is 9.90 Å². The molecule has 0 bridgehead atoms. The molecular formula is C19H22N2O4. The van der Waals surface area contributed by atoms with Gasteiger partial charge in [-0.1, -0.05) is 35.5 Å². The second-order valence-corrected chi connectivity index (χ2v) is 6.90. The van der Waals surface area contributed by atoms with Gasteiger partial charge in [0.1, 0.15) is 0 Å². The maximum atomic E-state index is 13.0. The third kappa shape index (κ3) is 2.75. The summed E-state index contributed by atoms with van der Waals surface area (Å²) in [4.78, 5) is 14.8. The predicted octanol–water partition coefficient (Wildman–Crippen LogP) is 2.49. The zero-order valence-corrected chi connectivity index (χ0v) is 14.2. The Labute approximate surface area is 146 Å². The lowest BCUT2D eigenvalue weighted by molar-refractivity contribution is -0.0825. The number of aromatic nitrogens is 1. The van der Waals surface area contributed by atoms with Crippen LogP contribution in [-0.2, 0) is 4.74 Å². The summed E-state index contributed by atoms with van der Waals surface area (Å²) in [5.41, 5.74) is 0.835. The molecular weight excluding hydrogens is 320 g/mol. The summed E-state index contributed by atoms with van der Waals surface area (Å²) >= 11 is 0. The van der Waals surface area contributed by atoms with Crippen LogP contribution in [0.2, 0.25) is 0 Å². The fourth-order valence-corrected chi connectivity index (χ4v) is 4.18. The smallest absolute Gasteiger partial charge is 0.276 e. The molecule has 1 N–H and O–H groups in total. The summed E-state index contributed by atoms with van der Waals surface area (Å²) in [6, 6.07) is 11.1. The van der Waals surface area contributed by atoms with E-state index >= 15 is 0 Å². The highest BCUT2D eigenvalue weighted by Gasteiger charge is 2.52. The number of nitrogens with zero attached hydrogens (tertiary/aromatic N) is 2. The number of methoxy groups -OCH3 is 1. The Morgan fingerprint density at radius 1 is 1.36 bits per heavy atom. The average molecular weight is 342 g/mol. The van der Waals surface area contributed by atoms with Crippen molar-refractivity contribution >= 4 is 5.91 Å². The second-order valence-electron chi connectivity index (χ2n) is 6.90. The SMILES string of the molecule is CO[C@@]12CC[C@@H](O)C[C@@H]1N(C(=O)c1cc(-c3ccccc3)on1)CC2. The Balaban J connectivity index is 1.58. The molecule has 1 saturated carbocycles. The van der Waals surface area contributed by atoms with Gasteiger partial charge >= 0.3 is 0 Å². The van der Waals surface area contributed by atoms with Crippen LogP contribution in [0.5, 0.6) is 0 Å². The fourth-order valence-electron chi connectivity index (χ4n) is 4.18. The number of carbonyl (C=O) groups is 1. The summed E-state index contributed by atoms with van der Waals surface area (Å²) in [7, 11) is 1.70. The van der Waals surface area contributed by atoms with Crippen molar-refractivity contribution in [1.29, 1.82) is 0 Å². The quantitative estimate of drug-likeness (QED) is 0.927. The lowest BCUT2D eigenvalue weighted by atomic mass is 9.79. The zero-order chi connectivity index (χ0) is 17.4. The van der Waals surface area contributed by atoms with Crippen LogP contribution in [0.25, 0.3) is 11.3 Å². The van der Waals surface area contributed by atoms with Gasteiger partial charge in [0.05, 0.1) is 17.7 Å². The van der Waals surface area contributed by atoms with Crippen molar-refractivity contribution < 1.29 is 19.2 Å². The van der Waals surface area contributed by atoms with Gasteiger partial charge in [0, 0.05) is 25.3 Å². The third-order valence-corrected chi connectivity index (χ3v) is 5.61. The van der Waals surface area contributed by atoms with Crippen LogP contribution in [0.1, 0.15) is 36.2 Å². The van der Waals surface area contributed by atoms with E-state index in [1.807, 2.05) is 30.3 Å². The zero-order valence-electron chi connectivity index (χ0n) is 14.2. The maximum Gasteiger partial charge on any atom is 0.276 e. The number of amides is 1. The first-order chi connectivity index (χ1) is 12.1. The number of benzene rings is 1. The number of carbonyl (C=O) groups excluding carboxylic acids is 1. The highest BCUT2D eigenvalue weighted by Crippen LogP contribution is 2.43. The summed E-state index contributed by atoms with van der Waals surface area (Å²) in [6.45, 7) is 0.609. The van der Waals surface area contributed by atoms with Crippen LogP contribution in [0.4, 0.5) is 0 Å². The van der Waals surface area contributed by atoms with Crippen molar-refractivity contribution in [3.63, 3.8) is 0 Å². The van der Waals surface area contributed by atoms with E-state index in [-0.39, 0.29) is 23.7 Å². The molecule has 2 aliphatic rings.